The molecule has 0 fully saturated rings. The first-order chi connectivity index (χ1) is 42.7. The fourth-order valence-electron chi connectivity index (χ4n) is 14.5. The molecule has 7 nitrogen and oxygen atoms in total. The average molecular weight is 1100 g/mol. The van der Waals surface area contributed by atoms with E-state index < -0.39 is 0 Å². The topological polar surface area (TPSA) is 30.6 Å². The lowest BCUT2D eigenvalue weighted by Gasteiger charge is -2.43. The van der Waals surface area contributed by atoms with Gasteiger partial charge in [-0.25, -0.2) is 4.85 Å². The Labute approximate surface area is 494 Å². The molecule has 18 rings (SSSR count). The van der Waals surface area contributed by atoms with E-state index in [9.17, 15) is 0 Å². The van der Waals surface area contributed by atoms with Gasteiger partial charge >= 0.3 is 0 Å². The fourth-order valence-corrected chi connectivity index (χ4v) is 14.5. The van der Waals surface area contributed by atoms with Crippen molar-refractivity contribution in [2.75, 3.05) is 9.80 Å². The van der Waals surface area contributed by atoms with Crippen LogP contribution in [0.4, 0.5) is 39.8 Å². The molecule has 4 aromatic heterocycles. The maximum absolute atomic E-state index is 8.77. The highest BCUT2D eigenvalue weighted by Crippen LogP contribution is 2.61. The lowest BCUT2D eigenvalue weighted by atomic mass is 9.93. The lowest BCUT2D eigenvalue weighted by molar-refractivity contribution is 1.03. The van der Waals surface area contributed by atoms with Crippen LogP contribution in [0.5, 0.6) is 0 Å². The summed E-state index contributed by atoms with van der Waals surface area (Å²) in [6, 6.07) is 108. The van der Waals surface area contributed by atoms with Gasteiger partial charge in [0.2, 0.25) is 0 Å². The molecule has 0 bridgehead atoms. The number of hydrogen-bond acceptors (Lipinski definition) is 2. The fraction of sp³-hybridized carbons (Fsp3) is 0. The SMILES string of the molecule is [C-]#[N+]c1cccc(-c2c(-n3c4ccccc4c4ccccc43)c(-n3c4ccccc4c4ccccc43)c(N3c4ccccc4N(c4ccccc4)c4ccccc43)c(-n3c4ccccc4c4ccccc43)c2-n2c3ccccc3c3ccccc32)c1. The van der Waals surface area contributed by atoms with Gasteiger partial charge in [0.15, 0.2) is 5.69 Å². The summed E-state index contributed by atoms with van der Waals surface area (Å²) in [5, 5.41) is 9.09. The summed E-state index contributed by atoms with van der Waals surface area (Å²) in [6.45, 7) is 8.77. The molecule has 1 aliphatic heterocycles. The number of fused-ring (bicyclic) bond motifs is 14. The molecule has 0 amide bonds. The van der Waals surface area contributed by atoms with Crippen LogP contribution >= 0.6 is 0 Å². The van der Waals surface area contributed by atoms with Gasteiger partial charge in [-0.2, -0.15) is 0 Å². The van der Waals surface area contributed by atoms with E-state index in [-0.39, 0.29) is 0 Å². The molecule has 0 spiro atoms. The Morgan fingerprint density at radius 3 is 0.837 bits per heavy atom. The molecule has 1 aliphatic rings. The Kier molecular flexibility index (Phi) is 10.3. The molecule has 0 unspecified atom stereocenters. The van der Waals surface area contributed by atoms with E-state index in [0.29, 0.717) is 5.69 Å². The predicted molar refractivity (Wildman–Crippen MR) is 358 cm³/mol. The van der Waals surface area contributed by atoms with Crippen molar-refractivity contribution in [2.45, 2.75) is 0 Å². The number of aromatic nitrogens is 4. The summed E-state index contributed by atoms with van der Waals surface area (Å²) in [4.78, 5) is 9.25. The molecule has 0 saturated heterocycles. The number of nitrogens with zero attached hydrogens (tertiary/aromatic N) is 7. The monoisotopic (exact) mass is 1100 g/mol. The summed E-state index contributed by atoms with van der Waals surface area (Å²) in [5.74, 6) is 0. The van der Waals surface area contributed by atoms with Crippen LogP contribution in [-0.2, 0) is 0 Å². The molecule has 5 heterocycles. The van der Waals surface area contributed by atoms with E-state index in [1.807, 2.05) is 6.07 Å². The highest BCUT2D eigenvalue weighted by molar-refractivity contribution is 6.20. The first kappa shape index (κ1) is 47.8. The summed E-state index contributed by atoms with van der Waals surface area (Å²) in [5.41, 5.74) is 20.7. The molecule has 0 saturated carbocycles. The molecule has 0 radical (unpaired) electrons. The second kappa shape index (κ2) is 18.6. The van der Waals surface area contributed by atoms with Gasteiger partial charge in [-0.1, -0.05) is 206 Å². The van der Waals surface area contributed by atoms with Crippen LogP contribution in [0.1, 0.15) is 0 Å². The van der Waals surface area contributed by atoms with Gasteiger partial charge in [-0.15, -0.1) is 0 Å². The Hall–Kier alpha value is -11.9. The largest absolute Gasteiger partial charge is 0.306 e. The van der Waals surface area contributed by atoms with Gasteiger partial charge in [0.25, 0.3) is 0 Å². The molecule has 13 aromatic carbocycles. The quantitative estimate of drug-likeness (QED) is 0.149. The Morgan fingerprint density at radius 1 is 0.233 bits per heavy atom. The van der Waals surface area contributed by atoms with Crippen LogP contribution < -0.4 is 9.80 Å². The van der Waals surface area contributed by atoms with Crippen molar-refractivity contribution >= 4 is 127 Å². The maximum Gasteiger partial charge on any atom is 0.187 e. The molecule has 7 heteroatoms. The highest BCUT2D eigenvalue weighted by atomic mass is 15.3. The van der Waals surface area contributed by atoms with Crippen molar-refractivity contribution < 1.29 is 0 Å². The molecule has 17 aromatic rings. The van der Waals surface area contributed by atoms with Crippen molar-refractivity contribution in [1.29, 1.82) is 0 Å². The molecular formula is C79H49N7. The Balaban J connectivity index is 1.22. The highest BCUT2D eigenvalue weighted by Gasteiger charge is 2.40. The zero-order chi connectivity index (χ0) is 56.6. The Bertz CT molecular complexity index is 5200. The number of anilines is 6. The zero-order valence-corrected chi connectivity index (χ0v) is 46.4. The van der Waals surface area contributed by atoms with Gasteiger partial charge in [-0.3, -0.25) is 0 Å². The van der Waals surface area contributed by atoms with Crippen LogP contribution in [0.2, 0.25) is 0 Å². The van der Waals surface area contributed by atoms with Gasteiger partial charge < -0.3 is 28.1 Å². The normalized spacial score (nSPS) is 12.4. The van der Waals surface area contributed by atoms with Gasteiger partial charge in [0.05, 0.1) is 102 Å². The lowest BCUT2D eigenvalue weighted by Crippen LogP contribution is -2.27. The summed E-state index contributed by atoms with van der Waals surface area (Å²) >= 11 is 0. The van der Waals surface area contributed by atoms with E-state index in [2.05, 4.69) is 324 Å². The predicted octanol–water partition coefficient (Wildman–Crippen LogP) is 21.5. The van der Waals surface area contributed by atoms with Crippen LogP contribution in [0.3, 0.4) is 0 Å². The average Bonchev–Trinajstić information content (AvgIpc) is 1.36. The molecular weight excluding hydrogens is 1050 g/mol. The first-order valence-electron chi connectivity index (χ1n) is 29.2. The van der Waals surface area contributed by atoms with E-state index in [4.69, 9.17) is 6.57 Å². The van der Waals surface area contributed by atoms with Crippen molar-refractivity contribution in [3.63, 3.8) is 0 Å². The minimum atomic E-state index is 0.546. The molecule has 400 valence electrons. The standard InChI is InChI=1S/C79H49N7/c1-80-52-27-25-26-51(50-52)74-75(82-62-38-13-5-30-54(62)55-31-6-14-39-63(55)82)77(84-66-42-17-9-34-58(66)59-35-10-18-43-67(59)84)79(86-72-48-23-21-46-70(72)81(53-28-3-2-4-29-53)71-47-22-24-49-73(71)86)78(85-68-44-19-11-36-60(68)61-37-12-20-45-69(61)85)76(74)83-64-40-15-7-32-56(64)57-33-8-16-41-65(57)83/h2-50H. The van der Waals surface area contributed by atoms with Crippen LogP contribution in [0.15, 0.2) is 297 Å². The van der Waals surface area contributed by atoms with E-state index in [0.717, 1.165) is 155 Å². The molecule has 0 atom stereocenters. The number of hydrogen-bond donors (Lipinski definition) is 0. The maximum atomic E-state index is 8.77. The third kappa shape index (κ3) is 6.66. The zero-order valence-electron chi connectivity index (χ0n) is 46.4. The van der Waals surface area contributed by atoms with Crippen molar-refractivity contribution in [1.82, 2.24) is 18.3 Å². The third-order valence-electron chi connectivity index (χ3n) is 17.8. The van der Waals surface area contributed by atoms with Crippen LogP contribution in [0.25, 0.3) is 126 Å². The molecule has 0 aliphatic carbocycles. The van der Waals surface area contributed by atoms with E-state index in [1.54, 1.807) is 0 Å². The van der Waals surface area contributed by atoms with Crippen molar-refractivity contribution in [3.8, 4) is 33.9 Å². The summed E-state index contributed by atoms with van der Waals surface area (Å²) in [7, 11) is 0. The minimum absolute atomic E-state index is 0.546. The Morgan fingerprint density at radius 2 is 0.512 bits per heavy atom. The second-order valence-electron chi connectivity index (χ2n) is 22.2. The first-order valence-corrected chi connectivity index (χ1v) is 29.2. The van der Waals surface area contributed by atoms with Crippen molar-refractivity contribution in [3.05, 3.63) is 309 Å². The second-order valence-corrected chi connectivity index (χ2v) is 22.2. The van der Waals surface area contributed by atoms with Crippen LogP contribution in [0, 0.1) is 6.57 Å². The third-order valence-corrected chi connectivity index (χ3v) is 17.8. The van der Waals surface area contributed by atoms with Crippen molar-refractivity contribution in [2.24, 2.45) is 0 Å². The summed E-state index contributed by atoms with van der Waals surface area (Å²) < 4.78 is 10.3. The smallest absolute Gasteiger partial charge is 0.187 e. The van der Waals surface area contributed by atoms with Gasteiger partial charge in [0.1, 0.15) is 0 Å². The summed E-state index contributed by atoms with van der Waals surface area (Å²) in [6.07, 6.45) is 0. The van der Waals surface area contributed by atoms with Gasteiger partial charge in [-0.05, 0) is 96.6 Å². The number of rotatable bonds is 7. The number of para-hydroxylation sites is 13. The number of benzene rings is 13. The van der Waals surface area contributed by atoms with E-state index >= 15 is 0 Å². The van der Waals surface area contributed by atoms with Crippen LogP contribution in [-0.4, -0.2) is 18.3 Å². The van der Waals surface area contributed by atoms with Gasteiger partial charge in [0, 0.05) is 54.3 Å². The van der Waals surface area contributed by atoms with E-state index in [1.165, 1.54) is 0 Å². The molecule has 86 heavy (non-hydrogen) atoms. The minimum Gasteiger partial charge on any atom is -0.306 e. The molecule has 0 N–H and O–H groups in total.